The molecular formula is C13H16BrNO3. The van der Waals surface area contributed by atoms with Gasteiger partial charge >= 0.3 is 0 Å². The van der Waals surface area contributed by atoms with E-state index in [4.69, 9.17) is 9.47 Å². The number of ether oxygens (including phenoxy) is 2. The van der Waals surface area contributed by atoms with Crippen molar-refractivity contribution in [3.05, 3.63) is 23.8 Å². The van der Waals surface area contributed by atoms with Gasteiger partial charge in [0.05, 0.1) is 0 Å². The van der Waals surface area contributed by atoms with E-state index in [9.17, 15) is 4.79 Å². The maximum atomic E-state index is 12.2. The van der Waals surface area contributed by atoms with Gasteiger partial charge in [0.2, 0.25) is 6.79 Å². The van der Waals surface area contributed by atoms with Crippen LogP contribution in [0.1, 0.15) is 23.7 Å². The van der Waals surface area contributed by atoms with E-state index in [2.05, 4.69) is 22.9 Å². The van der Waals surface area contributed by atoms with E-state index in [1.807, 2.05) is 7.05 Å². The van der Waals surface area contributed by atoms with Gasteiger partial charge in [0.15, 0.2) is 11.5 Å². The molecule has 1 aliphatic rings. The fraction of sp³-hybridized carbons (Fsp3) is 0.462. The lowest BCUT2D eigenvalue weighted by Crippen LogP contribution is -2.28. The van der Waals surface area contributed by atoms with Crippen molar-refractivity contribution in [3.63, 3.8) is 0 Å². The maximum absolute atomic E-state index is 12.2. The van der Waals surface area contributed by atoms with Gasteiger partial charge in [-0.25, -0.2) is 0 Å². The van der Waals surface area contributed by atoms with Gasteiger partial charge in [-0.15, -0.1) is 0 Å². The number of amides is 1. The molecule has 1 atom stereocenters. The van der Waals surface area contributed by atoms with E-state index < -0.39 is 0 Å². The van der Waals surface area contributed by atoms with E-state index in [-0.39, 0.29) is 12.7 Å². The summed E-state index contributed by atoms with van der Waals surface area (Å²) >= 11 is 3.47. The second-order valence-electron chi connectivity index (χ2n) is 4.36. The van der Waals surface area contributed by atoms with Crippen LogP contribution in [-0.4, -0.2) is 36.0 Å². The quantitative estimate of drug-likeness (QED) is 0.802. The summed E-state index contributed by atoms with van der Waals surface area (Å²) in [6.45, 7) is 3.02. The molecule has 0 N–H and O–H groups in total. The first kappa shape index (κ1) is 13.2. The molecule has 0 bridgehead atoms. The molecule has 1 amide bonds. The van der Waals surface area contributed by atoms with Crippen LogP contribution in [0.2, 0.25) is 0 Å². The average Bonchev–Trinajstić information content (AvgIpc) is 2.81. The van der Waals surface area contributed by atoms with Crippen LogP contribution >= 0.6 is 15.9 Å². The fourth-order valence-electron chi connectivity index (χ4n) is 1.72. The van der Waals surface area contributed by atoms with Crippen molar-refractivity contribution in [2.75, 3.05) is 20.4 Å². The van der Waals surface area contributed by atoms with Crippen LogP contribution in [0.5, 0.6) is 11.5 Å². The minimum Gasteiger partial charge on any atom is -0.454 e. The number of benzene rings is 1. The number of carbonyl (C=O) groups is 1. The molecule has 0 saturated heterocycles. The van der Waals surface area contributed by atoms with Crippen molar-refractivity contribution in [1.82, 2.24) is 4.90 Å². The molecule has 1 aromatic carbocycles. The lowest BCUT2D eigenvalue weighted by Gasteiger charge is -2.18. The largest absolute Gasteiger partial charge is 0.454 e. The standard InChI is InChI=1S/C13H16BrNO3/c1-9(14)5-6-15(2)13(16)10-3-4-11-12(7-10)18-8-17-11/h3-4,7,9H,5-6,8H2,1-2H3. The number of fused-ring (bicyclic) bond motifs is 1. The Morgan fingerprint density at radius 2 is 2.17 bits per heavy atom. The van der Waals surface area contributed by atoms with Crippen molar-refractivity contribution >= 4 is 21.8 Å². The lowest BCUT2D eigenvalue weighted by atomic mass is 10.1. The summed E-state index contributed by atoms with van der Waals surface area (Å²) in [7, 11) is 1.81. The Bertz CT molecular complexity index is 448. The summed E-state index contributed by atoms with van der Waals surface area (Å²) in [6.07, 6.45) is 0.923. The van der Waals surface area contributed by atoms with E-state index in [1.165, 1.54) is 0 Å². The normalized spacial score (nSPS) is 14.4. The van der Waals surface area contributed by atoms with Crippen LogP contribution in [0, 0.1) is 0 Å². The Hall–Kier alpha value is -1.23. The SMILES string of the molecule is CC(Br)CCN(C)C(=O)c1ccc2c(c1)OCO2. The molecule has 1 aliphatic heterocycles. The molecule has 98 valence electrons. The average molecular weight is 314 g/mol. The van der Waals surface area contributed by atoms with Gasteiger partial charge in [-0.3, -0.25) is 4.79 Å². The van der Waals surface area contributed by atoms with Gasteiger partial charge in [0.25, 0.3) is 5.91 Å². The van der Waals surface area contributed by atoms with E-state index >= 15 is 0 Å². The molecule has 4 nitrogen and oxygen atoms in total. The van der Waals surface area contributed by atoms with Crippen LogP contribution in [0.4, 0.5) is 0 Å². The highest BCUT2D eigenvalue weighted by Crippen LogP contribution is 2.32. The number of halogens is 1. The van der Waals surface area contributed by atoms with Gasteiger partial charge in [-0.2, -0.15) is 0 Å². The third kappa shape index (κ3) is 2.96. The maximum Gasteiger partial charge on any atom is 0.253 e. The fourth-order valence-corrected chi connectivity index (χ4v) is 1.93. The Balaban J connectivity index is 2.04. The van der Waals surface area contributed by atoms with Gasteiger partial charge in [0.1, 0.15) is 0 Å². The Kier molecular flexibility index (Phi) is 4.11. The zero-order valence-electron chi connectivity index (χ0n) is 10.5. The highest BCUT2D eigenvalue weighted by atomic mass is 79.9. The number of nitrogens with zero attached hydrogens (tertiary/aromatic N) is 1. The highest BCUT2D eigenvalue weighted by molar-refractivity contribution is 9.09. The van der Waals surface area contributed by atoms with Crippen LogP contribution in [0.15, 0.2) is 18.2 Å². The first-order chi connectivity index (χ1) is 8.58. The third-order valence-electron chi connectivity index (χ3n) is 2.83. The molecule has 18 heavy (non-hydrogen) atoms. The Morgan fingerprint density at radius 1 is 1.44 bits per heavy atom. The van der Waals surface area contributed by atoms with Crippen LogP contribution in [0.25, 0.3) is 0 Å². The zero-order valence-corrected chi connectivity index (χ0v) is 12.1. The highest BCUT2D eigenvalue weighted by Gasteiger charge is 2.18. The molecule has 1 unspecified atom stereocenters. The molecule has 0 saturated carbocycles. The molecular weight excluding hydrogens is 298 g/mol. The number of hydrogen-bond acceptors (Lipinski definition) is 3. The van der Waals surface area contributed by atoms with Gasteiger partial charge < -0.3 is 14.4 Å². The topological polar surface area (TPSA) is 38.8 Å². The number of alkyl halides is 1. The second kappa shape index (κ2) is 5.61. The molecule has 1 aromatic rings. The summed E-state index contributed by atoms with van der Waals surface area (Å²) in [5.74, 6) is 1.34. The third-order valence-corrected chi connectivity index (χ3v) is 3.29. The number of hydrogen-bond donors (Lipinski definition) is 0. The van der Waals surface area contributed by atoms with Gasteiger partial charge in [0, 0.05) is 24.0 Å². The summed E-state index contributed by atoms with van der Waals surface area (Å²) in [6, 6.07) is 5.28. The van der Waals surface area contributed by atoms with Crippen molar-refractivity contribution in [2.45, 2.75) is 18.2 Å². The van der Waals surface area contributed by atoms with Gasteiger partial charge in [-0.1, -0.05) is 22.9 Å². The molecule has 0 aromatic heterocycles. The van der Waals surface area contributed by atoms with Crippen LogP contribution in [-0.2, 0) is 0 Å². The smallest absolute Gasteiger partial charge is 0.253 e. The summed E-state index contributed by atoms with van der Waals surface area (Å²) in [4.78, 5) is 14.3. The first-order valence-electron chi connectivity index (χ1n) is 5.87. The van der Waals surface area contributed by atoms with E-state index in [0.29, 0.717) is 21.9 Å². The Morgan fingerprint density at radius 3 is 2.89 bits per heavy atom. The van der Waals surface area contributed by atoms with E-state index in [0.717, 1.165) is 13.0 Å². The lowest BCUT2D eigenvalue weighted by molar-refractivity contribution is 0.0793. The molecule has 0 spiro atoms. The molecule has 1 heterocycles. The van der Waals surface area contributed by atoms with Crippen molar-refractivity contribution in [2.24, 2.45) is 0 Å². The number of carbonyl (C=O) groups excluding carboxylic acids is 1. The van der Waals surface area contributed by atoms with Crippen LogP contribution < -0.4 is 9.47 Å². The van der Waals surface area contributed by atoms with E-state index in [1.54, 1.807) is 23.1 Å². The zero-order chi connectivity index (χ0) is 13.1. The predicted octanol–water partition coefficient (Wildman–Crippen LogP) is 2.66. The molecule has 0 aliphatic carbocycles. The minimum atomic E-state index is 0.00134. The summed E-state index contributed by atoms with van der Waals surface area (Å²) in [5, 5.41) is 0. The van der Waals surface area contributed by atoms with Gasteiger partial charge in [-0.05, 0) is 24.6 Å². The summed E-state index contributed by atoms with van der Waals surface area (Å²) in [5.41, 5.74) is 0.629. The predicted molar refractivity (Wildman–Crippen MR) is 72.5 cm³/mol. The van der Waals surface area contributed by atoms with Crippen LogP contribution in [0.3, 0.4) is 0 Å². The van der Waals surface area contributed by atoms with Crippen molar-refractivity contribution in [1.29, 1.82) is 0 Å². The second-order valence-corrected chi connectivity index (χ2v) is 5.93. The first-order valence-corrected chi connectivity index (χ1v) is 6.78. The Labute approximate surface area is 115 Å². The molecule has 0 fully saturated rings. The van der Waals surface area contributed by atoms with Crippen molar-refractivity contribution in [3.8, 4) is 11.5 Å². The minimum absolute atomic E-state index is 0.00134. The molecule has 0 radical (unpaired) electrons. The monoisotopic (exact) mass is 313 g/mol. The number of rotatable bonds is 4. The molecule has 5 heteroatoms. The molecule has 2 rings (SSSR count). The van der Waals surface area contributed by atoms with Crippen molar-refractivity contribution < 1.29 is 14.3 Å². The summed E-state index contributed by atoms with van der Waals surface area (Å²) < 4.78 is 10.5.